The first kappa shape index (κ1) is 25.1. The SMILES string of the molecule is CCCN(C(=O)NCCN(C)C)C(=O)[C@@H](CNC)C[C@H]1CCc2sc(N)c(C#N)c2C1. The zero-order valence-corrected chi connectivity index (χ0v) is 20.0. The average molecular weight is 449 g/mol. The molecule has 2 rings (SSSR count). The second-order valence-corrected chi connectivity index (χ2v) is 9.62. The molecule has 1 aliphatic rings. The lowest BCUT2D eigenvalue weighted by molar-refractivity contribution is -0.133. The first-order chi connectivity index (χ1) is 14.8. The number of hydrogen-bond donors (Lipinski definition) is 3. The highest BCUT2D eigenvalue weighted by atomic mass is 32.1. The third-order valence-corrected chi connectivity index (χ3v) is 6.83. The molecule has 0 unspecified atom stereocenters. The van der Waals surface area contributed by atoms with E-state index in [1.807, 2.05) is 33.0 Å². The fourth-order valence-corrected chi connectivity index (χ4v) is 5.22. The van der Waals surface area contributed by atoms with Gasteiger partial charge in [-0.25, -0.2) is 4.79 Å². The Morgan fingerprint density at radius 2 is 2.10 bits per heavy atom. The lowest BCUT2D eigenvalue weighted by atomic mass is 9.80. The summed E-state index contributed by atoms with van der Waals surface area (Å²) in [5, 5.41) is 16.0. The van der Waals surface area contributed by atoms with Crippen LogP contribution in [0.4, 0.5) is 9.80 Å². The Hall–Kier alpha value is -2.15. The lowest BCUT2D eigenvalue weighted by Gasteiger charge is -2.30. The zero-order chi connectivity index (χ0) is 23.0. The van der Waals surface area contributed by atoms with E-state index in [4.69, 9.17) is 5.73 Å². The van der Waals surface area contributed by atoms with Crippen LogP contribution in [0.2, 0.25) is 0 Å². The summed E-state index contributed by atoms with van der Waals surface area (Å²) in [6.07, 6.45) is 4.02. The predicted octanol–water partition coefficient (Wildman–Crippen LogP) is 2.04. The molecule has 1 heterocycles. The zero-order valence-electron chi connectivity index (χ0n) is 19.2. The van der Waals surface area contributed by atoms with Crippen molar-refractivity contribution in [2.45, 2.75) is 39.0 Å². The number of likely N-dealkylation sites (N-methyl/N-ethyl adjacent to an activating group) is 1. The van der Waals surface area contributed by atoms with E-state index in [1.165, 1.54) is 21.1 Å². The first-order valence-electron chi connectivity index (χ1n) is 11.0. The van der Waals surface area contributed by atoms with Gasteiger partial charge in [0.15, 0.2) is 0 Å². The molecule has 8 nitrogen and oxygen atoms in total. The summed E-state index contributed by atoms with van der Waals surface area (Å²) >= 11 is 1.52. The quantitative estimate of drug-likeness (QED) is 0.505. The number of nitrogens with two attached hydrogens (primary N) is 1. The van der Waals surface area contributed by atoms with Crippen LogP contribution >= 0.6 is 11.3 Å². The fourth-order valence-electron chi connectivity index (χ4n) is 4.16. The summed E-state index contributed by atoms with van der Waals surface area (Å²) in [4.78, 5) is 30.6. The minimum absolute atomic E-state index is 0.130. The van der Waals surface area contributed by atoms with Crippen molar-refractivity contribution < 1.29 is 9.59 Å². The number of fused-ring (bicyclic) bond motifs is 1. The lowest BCUT2D eigenvalue weighted by Crippen LogP contribution is -2.49. The van der Waals surface area contributed by atoms with Gasteiger partial charge in [0.1, 0.15) is 11.1 Å². The summed E-state index contributed by atoms with van der Waals surface area (Å²) in [6.45, 7) is 4.10. The fraction of sp³-hybridized carbons (Fsp3) is 0.682. The van der Waals surface area contributed by atoms with Gasteiger partial charge in [-0.2, -0.15) is 5.26 Å². The molecule has 0 saturated carbocycles. The van der Waals surface area contributed by atoms with E-state index in [1.54, 1.807) is 0 Å². The van der Waals surface area contributed by atoms with Gasteiger partial charge in [0.25, 0.3) is 0 Å². The number of rotatable bonds is 10. The number of nitrogen functional groups attached to an aromatic ring is 1. The van der Waals surface area contributed by atoms with Gasteiger partial charge in [-0.3, -0.25) is 9.69 Å². The number of nitrogens with one attached hydrogen (secondary N) is 2. The number of thiophene rings is 1. The second-order valence-electron chi connectivity index (χ2n) is 8.48. The molecule has 172 valence electrons. The maximum atomic E-state index is 13.4. The molecule has 0 fully saturated rings. The Balaban J connectivity index is 2.09. The van der Waals surface area contributed by atoms with E-state index >= 15 is 0 Å². The molecule has 1 aliphatic carbocycles. The van der Waals surface area contributed by atoms with Crippen molar-refractivity contribution in [3.05, 3.63) is 16.0 Å². The van der Waals surface area contributed by atoms with Crippen molar-refractivity contribution in [3.8, 4) is 6.07 Å². The van der Waals surface area contributed by atoms with Crippen LogP contribution in [0, 0.1) is 23.2 Å². The highest BCUT2D eigenvalue weighted by Crippen LogP contribution is 2.39. The van der Waals surface area contributed by atoms with Crippen molar-refractivity contribution in [3.63, 3.8) is 0 Å². The molecule has 0 spiro atoms. The van der Waals surface area contributed by atoms with E-state index in [0.29, 0.717) is 43.0 Å². The number of nitrogens with zero attached hydrogens (tertiary/aromatic N) is 3. The summed E-state index contributed by atoms with van der Waals surface area (Å²) < 4.78 is 0. The maximum Gasteiger partial charge on any atom is 0.324 e. The molecule has 1 aromatic rings. The van der Waals surface area contributed by atoms with Crippen LogP contribution in [0.25, 0.3) is 0 Å². The van der Waals surface area contributed by atoms with Crippen LogP contribution < -0.4 is 16.4 Å². The van der Waals surface area contributed by atoms with Crippen molar-refractivity contribution >= 4 is 28.3 Å². The topological polar surface area (TPSA) is 114 Å². The van der Waals surface area contributed by atoms with Crippen LogP contribution in [0.15, 0.2) is 0 Å². The predicted molar refractivity (Wildman–Crippen MR) is 125 cm³/mol. The molecular formula is C22H36N6O2S. The van der Waals surface area contributed by atoms with Crippen LogP contribution in [-0.4, -0.2) is 69.1 Å². The van der Waals surface area contributed by atoms with Crippen molar-refractivity contribution in [2.24, 2.45) is 11.8 Å². The number of imide groups is 1. The number of carbonyl (C=O) groups is 2. The highest BCUT2D eigenvalue weighted by molar-refractivity contribution is 7.16. The minimum Gasteiger partial charge on any atom is -0.389 e. The van der Waals surface area contributed by atoms with Crippen molar-refractivity contribution in [1.29, 1.82) is 5.26 Å². The van der Waals surface area contributed by atoms with Gasteiger partial charge in [-0.05, 0) is 64.7 Å². The summed E-state index contributed by atoms with van der Waals surface area (Å²) in [5.41, 5.74) is 7.68. The van der Waals surface area contributed by atoms with Crippen molar-refractivity contribution in [1.82, 2.24) is 20.4 Å². The molecule has 1 aromatic heterocycles. The third-order valence-electron chi connectivity index (χ3n) is 5.71. The van der Waals surface area contributed by atoms with Gasteiger partial charge >= 0.3 is 6.03 Å². The minimum atomic E-state index is -0.321. The molecular weight excluding hydrogens is 412 g/mol. The van der Waals surface area contributed by atoms with Crippen molar-refractivity contribution in [2.75, 3.05) is 53.1 Å². The second kappa shape index (κ2) is 12.0. The molecule has 3 amide bonds. The Morgan fingerprint density at radius 3 is 2.71 bits per heavy atom. The Bertz CT molecular complexity index is 801. The number of amides is 3. The van der Waals surface area contributed by atoms with Crippen LogP contribution in [0.5, 0.6) is 0 Å². The van der Waals surface area contributed by atoms with Gasteiger partial charge < -0.3 is 21.3 Å². The van der Waals surface area contributed by atoms with E-state index in [2.05, 4.69) is 16.7 Å². The van der Waals surface area contributed by atoms with Gasteiger partial charge in [-0.15, -0.1) is 11.3 Å². The van der Waals surface area contributed by atoms with Gasteiger partial charge in [-0.1, -0.05) is 6.92 Å². The third kappa shape index (κ3) is 6.66. The number of urea groups is 1. The van der Waals surface area contributed by atoms with Gasteiger partial charge in [0, 0.05) is 31.1 Å². The molecule has 2 atom stereocenters. The first-order valence-corrected chi connectivity index (χ1v) is 11.8. The molecule has 0 bridgehead atoms. The molecule has 4 N–H and O–H groups in total. The largest absolute Gasteiger partial charge is 0.389 e. The Morgan fingerprint density at radius 1 is 1.35 bits per heavy atom. The Kier molecular flexibility index (Phi) is 9.75. The number of aryl methyl sites for hydroxylation is 1. The smallest absolute Gasteiger partial charge is 0.324 e. The molecule has 0 saturated heterocycles. The van der Waals surface area contributed by atoms with E-state index < -0.39 is 0 Å². The standard InChI is InChI=1S/C22H36N6O2S/c1-5-9-28(22(30)26-8-10-27(3)4)21(29)16(14-25-2)11-15-6-7-19-17(12-15)18(13-23)20(24)31-19/h15-16,25H,5-12,14,24H2,1-4H3,(H,26,30)/t15-,16-/m1/s1. The number of nitriles is 1. The molecule has 9 heteroatoms. The number of hydrogen-bond acceptors (Lipinski definition) is 7. The van der Waals surface area contributed by atoms with Crippen LogP contribution in [0.1, 0.15) is 42.2 Å². The number of anilines is 1. The summed E-state index contributed by atoms with van der Waals surface area (Å²) in [5.74, 6) is -0.130. The van der Waals surface area contributed by atoms with Gasteiger partial charge in [0.05, 0.1) is 11.5 Å². The van der Waals surface area contributed by atoms with E-state index in [0.717, 1.165) is 31.4 Å². The summed E-state index contributed by atoms with van der Waals surface area (Å²) in [6, 6.07) is 1.92. The maximum absolute atomic E-state index is 13.4. The molecule has 0 aliphatic heterocycles. The molecule has 31 heavy (non-hydrogen) atoms. The van der Waals surface area contributed by atoms with E-state index in [-0.39, 0.29) is 23.8 Å². The van der Waals surface area contributed by atoms with Crippen LogP contribution in [-0.2, 0) is 17.6 Å². The monoisotopic (exact) mass is 448 g/mol. The normalized spacial score (nSPS) is 16.5. The summed E-state index contributed by atoms with van der Waals surface area (Å²) in [7, 11) is 5.71. The Labute approximate surface area is 189 Å². The molecule has 0 aromatic carbocycles. The van der Waals surface area contributed by atoms with E-state index in [9.17, 15) is 14.9 Å². The van der Waals surface area contributed by atoms with Gasteiger partial charge in [0.2, 0.25) is 5.91 Å². The van der Waals surface area contributed by atoms with Crippen LogP contribution in [0.3, 0.4) is 0 Å². The molecule has 0 radical (unpaired) electrons. The average Bonchev–Trinajstić information content (AvgIpc) is 3.05. The number of carbonyl (C=O) groups excluding carboxylic acids is 2. The highest BCUT2D eigenvalue weighted by Gasteiger charge is 2.32.